The van der Waals surface area contributed by atoms with Gasteiger partial charge in [-0.1, -0.05) is 5.16 Å². The zero-order valence-electron chi connectivity index (χ0n) is 16.2. The molecule has 2 N–H and O–H groups in total. The first-order valence-corrected chi connectivity index (χ1v) is 8.93. The van der Waals surface area contributed by atoms with Crippen molar-refractivity contribution in [1.82, 2.24) is 25.6 Å². The summed E-state index contributed by atoms with van der Waals surface area (Å²) in [5.41, 5.74) is 4.59. The van der Waals surface area contributed by atoms with Crippen molar-refractivity contribution in [3.63, 3.8) is 0 Å². The van der Waals surface area contributed by atoms with Crippen molar-refractivity contribution in [2.45, 2.75) is 65.6 Å². The number of guanidine groups is 1. The third-order valence-electron chi connectivity index (χ3n) is 4.80. The highest BCUT2D eigenvalue weighted by Gasteiger charge is 2.23. The lowest BCUT2D eigenvalue weighted by Gasteiger charge is -2.24. The lowest BCUT2D eigenvalue weighted by Crippen LogP contribution is -2.45. The van der Waals surface area contributed by atoms with Crippen molar-refractivity contribution >= 4 is 29.9 Å². The van der Waals surface area contributed by atoms with Crippen LogP contribution in [0.1, 0.15) is 54.6 Å². The SMILES string of the molecule is CN=C(NCc1c(C)noc1C)NC1CCc2cn(C(C)C)nc2C1.I. The zero-order valence-corrected chi connectivity index (χ0v) is 18.5. The molecule has 0 aliphatic heterocycles. The van der Waals surface area contributed by atoms with Gasteiger partial charge in [-0.05, 0) is 46.1 Å². The van der Waals surface area contributed by atoms with Crippen LogP contribution in [0.3, 0.4) is 0 Å². The van der Waals surface area contributed by atoms with E-state index in [0.717, 1.165) is 42.2 Å². The van der Waals surface area contributed by atoms with Gasteiger partial charge < -0.3 is 15.2 Å². The molecule has 2 aromatic rings. The molecule has 0 fully saturated rings. The van der Waals surface area contributed by atoms with E-state index in [9.17, 15) is 0 Å². The molecule has 1 aliphatic rings. The molecule has 8 heteroatoms. The molecule has 0 radical (unpaired) electrons. The van der Waals surface area contributed by atoms with Gasteiger partial charge in [0.1, 0.15) is 5.76 Å². The number of aliphatic imine (C=N–C) groups is 1. The molecule has 0 aromatic carbocycles. The maximum Gasteiger partial charge on any atom is 0.191 e. The Balaban J connectivity index is 0.00000243. The minimum absolute atomic E-state index is 0. The lowest BCUT2D eigenvalue weighted by atomic mass is 9.94. The van der Waals surface area contributed by atoms with Crippen molar-refractivity contribution in [1.29, 1.82) is 0 Å². The molecule has 0 saturated heterocycles. The average Bonchev–Trinajstić information content (AvgIpc) is 3.15. The van der Waals surface area contributed by atoms with Crippen LogP contribution in [-0.2, 0) is 19.4 Å². The third-order valence-corrected chi connectivity index (χ3v) is 4.80. The molecule has 0 amide bonds. The smallest absolute Gasteiger partial charge is 0.191 e. The number of aryl methyl sites for hydroxylation is 3. The summed E-state index contributed by atoms with van der Waals surface area (Å²) in [7, 11) is 1.80. The first kappa shape index (κ1) is 20.7. The Kier molecular flexibility index (Phi) is 7.08. The number of nitrogens with one attached hydrogen (secondary N) is 2. The summed E-state index contributed by atoms with van der Waals surface area (Å²) in [6.45, 7) is 8.86. The average molecular weight is 472 g/mol. The predicted molar refractivity (Wildman–Crippen MR) is 113 cm³/mol. The van der Waals surface area contributed by atoms with Crippen LogP contribution in [0.4, 0.5) is 0 Å². The molecule has 26 heavy (non-hydrogen) atoms. The molecule has 1 unspecified atom stereocenters. The summed E-state index contributed by atoms with van der Waals surface area (Å²) in [6, 6.07) is 0.750. The number of halogens is 1. The monoisotopic (exact) mass is 472 g/mol. The largest absolute Gasteiger partial charge is 0.361 e. The maximum atomic E-state index is 5.21. The summed E-state index contributed by atoms with van der Waals surface area (Å²) in [4.78, 5) is 4.35. The molecule has 3 rings (SSSR count). The maximum absolute atomic E-state index is 5.21. The summed E-state index contributed by atoms with van der Waals surface area (Å²) >= 11 is 0. The lowest BCUT2D eigenvalue weighted by molar-refractivity contribution is 0.392. The van der Waals surface area contributed by atoms with Gasteiger partial charge in [0.05, 0.1) is 11.4 Å². The first-order chi connectivity index (χ1) is 12.0. The number of fused-ring (bicyclic) bond motifs is 1. The van der Waals surface area contributed by atoms with Gasteiger partial charge in [0.2, 0.25) is 0 Å². The highest BCUT2D eigenvalue weighted by Crippen LogP contribution is 2.21. The molecular weight excluding hydrogens is 443 g/mol. The Morgan fingerprint density at radius 3 is 2.81 bits per heavy atom. The van der Waals surface area contributed by atoms with Crippen LogP contribution in [0.15, 0.2) is 15.7 Å². The van der Waals surface area contributed by atoms with Crippen LogP contribution in [0, 0.1) is 13.8 Å². The molecule has 1 atom stereocenters. The van der Waals surface area contributed by atoms with Gasteiger partial charge in [-0.25, -0.2) is 0 Å². The number of hydrogen-bond donors (Lipinski definition) is 2. The molecule has 0 saturated carbocycles. The van der Waals surface area contributed by atoms with E-state index >= 15 is 0 Å². The number of aromatic nitrogens is 3. The molecule has 0 spiro atoms. The Morgan fingerprint density at radius 2 is 2.19 bits per heavy atom. The van der Waals surface area contributed by atoms with Crippen LogP contribution in [0.25, 0.3) is 0 Å². The Bertz CT molecular complexity index is 744. The second kappa shape index (κ2) is 8.88. The second-order valence-corrected chi connectivity index (χ2v) is 6.99. The molecule has 2 heterocycles. The molecule has 7 nitrogen and oxygen atoms in total. The fourth-order valence-electron chi connectivity index (χ4n) is 3.21. The van der Waals surface area contributed by atoms with Gasteiger partial charge in [-0.15, -0.1) is 24.0 Å². The summed E-state index contributed by atoms with van der Waals surface area (Å²) in [5.74, 6) is 1.65. The quantitative estimate of drug-likeness (QED) is 0.407. The van der Waals surface area contributed by atoms with Crippen LogP contribution < -0.4 is 10.6 Å². The normalized spacial score (nSPS) is 17.0. The number of nitrogens with zero attached hydrogens (tertiary/aromatic N) is 4. The van der Waals surface area contributed by atoms with Crippen molar-refractivity contribution in [2.75, 3.05) is 7.05 Å². The van der Waals surface area contributed by atoms with Crippen LogP contribution >= 0.6 is 24.0 Å². The molecule has 144 valence electrons. The Hall–Kier alpha value is -1.58. The summed E-state index contributed by atoms with van der Waals surface area (Å²) in [6.07, 6.45) is 5.27. The van der Waals surface area contributed by atoms with Gasteiger partial charge in [-0.2, -0.15) is 5.10 Å². The van der Waals surface area contributed by atoms with E-state index in [1.807, 2.05) is 13.8 Å². The van der Waals surface area contributed by atoms with E-state index in [0.29, 0.717) is 18.6 Å². The number of rotatable bonds is 4. The van der Waals surface area contributed by atoms with Gasteiger partial charge in [0.25, 0.3) is 0 Å². The standard InChI is InChI=1S/C18H28N6O.HI/c1-11(2)24-10-14-6-7-15(8-17(14)22-24)21-18(19-5)20-9-16-12(3)23-25-13(16)4;/h10-11,15H,6-9H2,1-5H3,(H2,19,20,21);1H. The minimum atomic E-state index is 0. The van der Waals surface area contributed by atoms with Crippen molar-refractivity contribution in [2.24, 2.45) is 4.99 Å². The van der Waals surface area contributed by atoms with E-state index < -0.39 is 0 Å². The van der Waals surface area contributed by atoms with Gasteiger partial charge >= 0.3 is 0 Å². The fraction of sp³-hybridized carbons (Fsp3) is 0.611. The second-order valence-electron chi connectivity index (χ2n) is 6.99. The Morgan fingerprint density at radius 1 is 1.42 bits per heavy atom. The van der Waals surface area contributed by atoms with Crippen molar-refractivity contribution < 1.29 is 4.52 Å². The topological polar surface area (TPSA) is 80.3 Å². The molecule has 1 aliphatic carbocycles. The van der Waals surface area contributed by atoms with E-state index in [-0.39, 0.29) is 24.0 Å². The third kappa shape index (κ3) is 4.57. The summed E-state index contributed by atoms with van der Waals surface area (Å²) in [5, 5.41) is 15.6. The molecule has 2 aromatic heterocycles. The first-order valence-electron chi connectivity index (χ1n) is 8.93. The minimum Gasteiger partial charge on any atom is -0.361 e. The molecular formula is C18H29IN6O. The van der Waals surface area contributed by atoms with Crippen molar-refractivity contribution in [3.8, 4) is 0 Å². The van der Waals surface area contributed by atoms with Gasteiger partial charge in [0.15, 0.2) is 5.96 Å². The summed E-state index contributed by atoms with van der Waals surface area (Å²) < 4.78 is 7.28. The van der Waals surface area contributed by atoms with Crippen LogP contribution in [0.2, 0.25) is 0 Å². The van der Waals surface area contributed by atoms with E-state index in [4.69, 9.17) is 9.62 Å². The van der Waals surface area contributed by atoms with E-state index in [1.165, 1.54) is 11.3 Å². The highest BCUT2D eigenvalue weighted by molar-refractivity contribution is 14.0. The molecule has 0 bridgehead atoms. The zero-order chi connectivity index (χ0) is 18.0. The van der Waals surface area contributed by atoms with Gasteiger partial charge in [0, 0.05) is 43.9 Å². The van der Waals surface area contributed by atoms with Crippen molar-refractivity contribution in [3.05, 3.63) is 34.5 Å². The van der Waals surface area contributed by atoms with E-state index in [1.54, 1.807) is 7.05 Å². The van der Waals surface area contributed by atoms with Crippen LogP contribution in [0.5, 0.6) is 0 Å². The van der Waals surface area contributed by atoms with Crippen LogP contribution in [-0.4, -0.2) is 34.0 Å². The Labute approximate surface area is 172 Å². The van der Waals surface area contributed by atoms with E-state index in [2.05, 4.69) is 45.5 Å². The number of hydrogen-bond acceptors (Lipinski definition) is 4. The highest BCUT2D eigenvalue weighted by atomic mass is 127. The van der Waals surface area contributed by atoms with Gasteiger partial charge in [-0.3, -0.25) is 9.67 Å². The predicted octanol–water partition coefficient (Wildman–Crippen LogP) is 2.91. The fourth-order valence-corrected chi connectivity index (χ4v) is 3.21.